The summed E-state index contributed by atoms with van der Waals surface area (Å²) in [7, 11) is 0. The number of rotatable bonds is 5. The smallest absolute Gasteiger partial charge is 0.0619 e. The maximum Gasteiger partial charge on any atom is 0.0619 e. The average Bonchev–Trinajstić information content (AvgIpc) is 1.76. The van der Waals surface area contributed by atoms with Crippen molar-refractivity contribution in [3.63, 3.8) is 0 Å². The third kappa shape index (κ3) is 7.21. The third-order valence-corrected chi connectivity index (χ3v) is 18.9. The number of nitrogens with one attached hydrogen (secondary N) is 1. The fourth-order valence-corrected chi connectivity index (χ4v) is 15.0. The van der Waals surface area contributed by atoms with Gasteiger partial charge in [-0.15, -0.1) is 0 Å². The Balaban J connectivity index is 0.000000137. The number of fused-ring (bicyclic) bond motifs is 19. The second-order valence-corrected chi connectivity index (χ2v) is 23.6. The molecule has 88 heavy (non-hydrogen) atoms. The first kappa shape index (κ1) is 48.6. The molecule has 408 valence electrons. The van der Waals surface area contributed by atoms with Gasteiger partial charge in [-0.2, -0.15) is 0 Å². The summed E-state index contributed by atoms with van der Waals surface area (Å²) in [6, 6.07) is 113. The molecule has 0 bridgehead atoms. The summed E-state index contributed by atoms with van der Waals surface area (Å²) < 4.78 is 7.31. The monoisotopic (exact) mass is 1120 g/mol. The zero-order valence-electron chi connectivity index (χ0n) is 47.8. The van der Waals surface area contributed by atoms with Crippen molar-refractivity contribution in [2.45, 2.75) is 0 Å². The largest absolute Gasteiger partial charge is 0.355 e. The molecule has 0 saturated carbocycles. The number of para-hydroxylation sites is 4. The first-order chi connectivity index (χ1) is 43.6. The van der Waals surface area contributed by atoms with Crippen LogP contribution in [0, 0.1) is 0 Å². The highest BCUT2D eigenvalue weighted by molar-refractivity contribution is 6.22. The Kier molecular flexibility index (Phi) is 10.4. The molecule has 1 N–H and O–H groups in total. The van der Waals surface area contributed by atoms with Gasteiger partial charge >= 0.3 is 0 Å². The van der Waals surface area contributed by atoms with E-state index in [4.69, 9.17) is 0 Å². The zero-order chi connectivity index (χ0) is 57.6. The lowest BCUT2D eigenvalue weighted by Gasteiger charge is -2.12. The minimum Gasteiger partial charge on any atom is -0.355 e. The lowest BCUT2D eigenvalue weighted by atomic mass is 10.00. The topological polar surface area (TPSA) is 30.6 Å². The van der Waals surface area contributed by atoms with E-state index >= 15 is 0 Å². The summed E-state index contributed by atoms with van der Waals surface area (Å²) in [4.78, 5) is 3.55. The molecule has 0 unspecified atom stereocenters. The Morgan fingerprint density at radius 1 is 0.205 bits per heavy atom. The third-order valence-electron chi connectivity index (χ3n) is 18.9. The van der Waals surface area contributed by atoms with E-state index in [2.05, 4.69) is 328 Å². The summed E-state index contributed by atoms with van der Waals surface area (Å²) >= 11 is 0. The van der Waals surface area contributed by atoms with Crippen molar-refractivity contribution in [1.82, 2.24) is 18.7 Å². The summed E-state index contributed by atoms with van der Waals surface area (Å²) in [6.07, 6.45) is 0. The van der Waals surface area contributed by atoms with Gasteiger partial charge in [0.25, 0.3) is 0 Å². The van der Waals surface area contributed by atoms with E-state index in [1.165, 1.54) is 181 Å². The molecule has 4 aromatic heterocycles. The molecule has 4 nitrogen and oxygen atoms in total. The molecule has 0 spiro atoms. The van der Waals surface area contributed by atoms with E-state index in [9.17, 15) is 0 Å². The van der Waals surface area contributed by atoms with Crippen LogP contribution >= 0.6 is 0 Å². The van der Waals surface area contributed by atoms with Crippen molar-refractivity contribution in [3.05, 3.63) is 309 Å². The average molecular weight is 1120 g/mol. The number of aromatic amines is 1. The molecular weight excluding hydrogens is 1060 g/mol. The van der Waals surface area contributed by atoms with E-state index in [0.717, 1.165) is 0 Å². The van der Waals surface area contributed by atoms with Gasteiger partial charge in [-0.25, -0.2) is 0 Å². The van der Waals surface area contributed by atoms with Gasteiger partial charge in [0, 0.05) is 82.0 Å². The van der Waals surface area contributed by atoms with Gasteiger partial charge in [-0.05, 0) is 163 Å². The van der Waals surface area contributed by atoms with Crippen LogP contribution in [-0.2, 0) is 0 Å². The number of aromatic nitrogens is 4. The van der Waals surface area contributed by atoms with Crippen LogP contribution < -0.4 is 0 Å². The van der Waals surface area contributed by atoms with Gasteiger partial charge in [0.2, 0.25) is 0 Å². The number of hydrogen-bond acceptors (Lipinski definition) is 0. The number of hydrogen-bond donors (Lipinski definition) is 1. The van der Waals surface area contributed by atoms with Crippen molar-refractivity contribution in [1.29, 1.82) is 0 Å². The summed E-state index contributed by atoms with van der Waals surface area (Å²) in [5, 5.41) is 17.8. The zero-order valence-corrected chi connectivity index (χ0v) is 47.8. The Bertz CT molecular complexity index is 6110. The van der Waals surface area contributed by atoms with Crippen LogP contribution in [0.25, 0.3) is 181 Å². The first-order valence-corrected chi connectivity index (χ1v) is 30.4. The van der Waals surface area contributed by atoms with Crippen molar-refractivity contribution >= 4 is 120 Å². The molecule has 4 heterocycles. The maximum atomic E-state index is 3.55. The minimum atomic E-state index is 1.17. The lowest BCUT2D eigenvalue weighted by Crippen LogP contribution is -1.95. The van der Waals surface area contributed by atoms with Gasteiger partial charge < -0.3 is 18.7 Å². The highest BCUT2D eigenvalue weighted by atomic mass is 15.0. The van der Waals surface area contributed by atoms with Crippen molar-refractivity contribution in [2.75, 3.05) is 0 Å². The van der Waals surface area contributed by atoms with Crippen LogP contribution in [0.5, 0.6) is 0 Å². The first-order valence-electron chi connectivity index (χ1n) is 30.4. The Labute approximate surface area is 506 Å². The standard InChI is InChI=1S/C50H30N2.C34H22N2/c1-2-13-35(14-3-1)52-48-26-23-33(29-44(48)42-24-21-31-11-4-5-15-37(31)50(42)52)32-22-25-47-43(28-32)40-18-8-9-20-46(40)51(47)36-27-34-12-10-19-41-38-16-6-7-17-39(38)45(30-36)49(34)41;1-2-9-25(10-3-1)36-33-19-16-24(21-30(33)28-17-14-22-8-4-5-11-26(22)34(28)36)23-15-18-32-29(20-23)27-12-6-7-13-31(27)35-32/h1-30H;1-21,35H. The van der Waals surface area contributed by atoms with Gasteiger partial charge in [0.1, 0.15) is 0 Å². The predicted molar refractivity (Wildman–Crippen MR) is 373 cm³/mol. The van der Waals surface area contributed by atoms with Gasteiger partial charge in [-0.1, -0.05) is 212 Å². The van der Waals surface area contributed by atoms with E-state index in [1.54, 1.807) is 0 Å². The number of nitrogens with zero attached hydrogens (tertiary/aromatic N) is 3. The molecule has 15 aromatic carbocycles. The summed E-state index contributed by atoms with van der Waals surface area (Å²) in [5.41, 5.74) is 23.5. The molecule has 1 aliphatic carbocycles. The van der Waals surface area contributed by atoms with Crippen LogP contribution in [0.4, 0.5) is 0 Å². The minimum absolute atomic E-state index is 1.17. The quantitative estimate of drug-likeness (QED) is 0.178. The summed E-state index contributed by atoms with van der Waals surface area (Å²) in [5.74, 6) is 0. The Morgan fingerprint density at radius 2 is 0.636 bits per heavy atom. The fraction of sp³-hybridized carbons (Fsp3) is 0. The lowest BCUT2D eigenvalue weighted by molar-refractivity contribution is 1.19. The van der Waals surface area contributed by atoms with Crippen molar-refractivity contribution < 1.29 is 0 Å². The molecule has 0 saturated heterocycles. The van der Waals surface area contributed by atoms with Crippen LogP contribution in [0.2, 0.25) is 0 Å². The van der Waals surface area contributed by atoms with Crippen LogP contribution in [-0.4, -0.2) is 18.7 Å². The van der Waals surface area contributed by atoms with E-state index in [-0.39, 0.29) is 0 Å². The molecule has 19 aromatic rings. The van der Waals surface area contributed by atoms with Crippen LogP contribution in [0.15, 0.2) is 309 Å². The van der Waals surface area contributed by atoms with Crippen LogP contribution in [0.3, 0.4) is 0 Å². The maximum absolute atomic E-state index is 3.55. The SMILES string of the molecule is c1ccc(-n2c3ccc(-c4ccc5[nH]c6ccccc6c5c4)cc3c3ccc4ccccc4c32)cc1.c1ccc(-n2c3ccc(-c4ccc5c(c4)c4ccccc4n5-c4cc5c6c(cccc6c4)-c4ccccc4-5)cc3c3ccc4ccccc4c32)cc1. The van der Waals surface area contributed by atoms with E-state index < -0.39 is 0 Å². The van der Waals surface area contributed by atoms with Gasteiger partial charge in [-0.3, -0.25) is 0 Å². The Hall–Kier alpha value is -11.7. The van der Waals surface area contributed by atoms with E-state index in [0.29, 0.717) is 0 Å². The molecule has 0 atom stereocenters. The molecule has 1 aliphatic rings. The van der Waals surface area contributed by atoms with Crippen molar-refractivity contribution in [2.24, 2.45) is 0 Å². The normalized spacial score (nSPS) is 12.1. The molecule has 4 heteroatoms. The van der Waals surface area contributed by atoms with Crippen LogP contribution in [0.1, 0.15) is 0 Å². The van der Waals surface area contributed by atoms with Gasteiger partial charge in [0.05, 0.1) is 33.1 Å². The predicted octanol–water partition coefficient (Wildman–Crippen LogP) is 22.7. The number of H-pyrrole nitrogens is 1. The molecule has 0 radical (unpaired) electrons. The second-order valence-electron chi connectivity index (χ2n) is 23.6. The molecule has 0 fully saturated rings. The molecule has 0 amide bonds. The highest BCUT2D eigenvalue weighted by Crippen LogP contribution is 2.49. The Morgan fingerprint density at radius 3 is 1.25 bits per heavy atom. The highest BCUT2D eigenvalue weighted by Gasteiger charge is 2.24. The summed E-state index contributed by atoms with van der Waals surface area (Å²) in [6.45, 7) is 0. The van der Waals surface area contributed by atoms with Gasteiger partial charge in [0.15, 0.2) is 0 Å². The molecule has 20 rings (SSSR count). The molecular formula is C84H52N4. The molecule has 0 aliphatic heterocycles. The van der Waals surface area contributed by atoms with E-state index in [1.807, 2.05) is 0 Å². The number of benzene rings is 15. The second kappa shape index (κ2) is 18.9. The fourth-order valence-electron chi connectivity index (χ4n) is 15.0. The van der Waals surface area contributed by atoms with Crippen molar-refractivity contribution in [3.8, 4) is 61.6 Å².